The molecule has 30 heavy (non-hydrogen) atoms. The summed E-state index contributed by atoms with van der Waals surface area (Å²) in [6, 6.07) is 36.5. The van der Waals surface area contributed by atoms with E-state index in [0.29, 0.717) is 0 Å². The maximum atomic E-state index is 2.51. The first-order chi connectivity index (χ1) is 14.8. The van der Waals surface area contributed by atoms with Crippen LogP contribution in [0.3, 0.4) is 0 Å². The van der Waals surface area contributed by atoms with E-state index >= 15 is 0 Å². The number of hydrogen-bond acceptors (Lipinski definition) is 0. The quantitative estimate of drug-likeness (QED) is 0.299. The molecule has 0 amide bonds. The molecule has 0 heteroatoms. The Morgan fingerprint density at radius 2 is 1.20 bits per heavy atom. The van der Waals surface area contributed by atoms with Gasteiger partial charge >= 0.3 is 0 Å². The Morgan fingerprint density at radius 3 is 1.77 bits per heavy atom. The van der Waals surface area contributed by atoms with Gasteiger partial charge < -0.3 is 0 Å². The van der Waals surface area contributed by atoms with Gasteiger partial charge in [-0.1, -0.05) is 109 Å². The Hall–Kier alpha value is -3.12. The minimum atomic E-state index is -0.265. The van der Waals surface area contributed by atoms with Gasteiger partial charge in [-0.15, -0.1) is 0 Å². The monoisotopic (exact) mass is 386 g/mol. The minimum Gasteiger partial charge on any atom is -0.0622 e. The van der Waals surface area contributed by atoms with Crippen LogP contribution in [0.25, 0.3) is 11.1 Å². The van der Waals surface area contributed by atoms with Crippen LogP contribution in [-0.4, -0.2) is 0 Å². The standard InChI is InChI=1S/C30H26/c1-21-15-17-28-26(19-21)27-20-23(22-9-8-10-22)16-18-29(27)30(28,24-11-4-2-5-12-24)25-13-6-3-7-14-25/h2-7,11-20,22H,8-10H2,1H3. The summed E-state index contributed by atoms with van der Waals surface area (Å²) in [7, 11) is 0. The molecule has 0 aliphatic heterocycles. The van der Waals surface area contributed by atoms with E-state index in [0.717, 1.165) is 5.92 Å². The van der Waals surface area contributed by atoms with Crippen molar-refractivity contribution < 1.29 is 0 Å². The van der Waals surface area contributed by atoms with Crippen LogP contribution in [0.1, 0.15) is 58.6 Å². The minimum absolute atomic E-state index is 0.265. The fourth-order valence-electron chi connectivity index (χ4n) is 5.63. The van der Waals surface area contributed by atoms with Gasteiger partial charge in [-0.3, -0.25) is 0 Å². The van der Waals surface area contributed by atoms with Gasteiger partial charge in [0.25, 0.3) is 0 Å². The molecular formula is C30H26. The third kappa shape index (κ3) is 2.40. The van der Waals surface area contributed by atoms with Gasteiger partial charge in [0.2, 0.25) is 0 Å². The first kappa shape index (κ1) is 17.7. The molecule has 0 saturated heterocycles. The van der Waals surface area contributed by atoms with Crippen molar-refractivity contribution in [1.82, 2.24) is 0 Å². The van der Waals surface area contributed by atoms with Crippen LogP contribution in [0.4, 0.5) is 0 Å². The largest absolute Gasteiger partial charge is 0.0713 e. The highest BCUT2D eigenvalue weighted by atomic mass is 14.5. The molecule has 0 bridgehead atoms. The summed E-state index contributed by atoms with van der Waals surface area (Å²) in [5, 5.41) is 0. The first-order valence-corrected chi connectivity index (χ1v) is 11.2. The lowest BCUT2D eigenvalue weighted by atomic mass is 9.67. The van der Waals surface area contributed by atoms with Crippen LogP contribution in [0.5, 0.6) is 0 Å². The third-order valence-electron chi connectivity index (χ3n) is 7.31. The zero-order valence-electron chi connectivity index (χ0n) is 17.4. The summed E-state index contributed by atoms with van der Waals surface area (Å²) in [5.74, 6) is 0.743. The molecule has 0 spiro atoms. The molecule has 0 N–H and O–H groups in total. The van der Waals surface area contributed by atoms with E-state index in [-0.39, 0.29) is 5.41 Å². The highest BCUT2D eigenvalue weighted by Gasteiger charge is 2.46. The van der Waals surface area contributed by atoms with Gasteiger partial charge in [-0.2, -0.15) is 0 Å². The Balaban J connectivity index is 1.72. The smallest absolute Gasteiger partial charge is 0.0622 e. The molecule has 1 fully saturated rings. The number of fused-ring (bicyclic) bond motifs is 3. The van der Waals surface area contributed by atoms with Crippen LogP contribution in [0, 0.1) is 6.92 Å². The molecule has 4 aromatic carbocycles. The van der Waals surface area contributed by atoms with Crippen molar-refractivity contribution in [3.63, 3.8) is 0 Å². The van der Waals surface area contributed by atoms with Crippen LogP contribution in [0.2, 0.25) is 0 Å². The second-order valence-corrected chi connectivity index (χ2v) is 8.96. The molecule has 0 atom stereocenters. The van der Waals surface area contributed by atoms with Crippen molar-refractivity contribution in [3.8, 4) is 11.1 Å². The summed E-state index contributed by atoms with van der Waals surface area (Å²) < 4.78 is 0. The number of benzene rings is 4. The summed E-state index contributed by atoms with van der Waals surface area (Å²) in [4.78, 5) is 0. The van der Waals surface area contributed by atoms with Crippen molar-refractivity contribution in [2.75, 3.05) is 0 Å². The summed E-state index contributed by atoms with van der Waals surface area (Å²) in [6.45, 7) is 2.21. The molecule has 2 aliphatic carbocycles. The maximum absolute atomic E-state index is 2.51. The van der Waals surface area contributed by atoms with Gasteiger partial charge in [-0.25, -0.2) is 0 Å². The van der Waals surface area contributed by atoms with Crippen LogP contribution < -0.4 is 0 Å². The van der Waals surface area contributed by atoms with E-state index < -0.39 is 0 Å². The van der Waals surface area contributed by atoms with Crippen molar-refractivity contribution in [3.05, 3.63) is 130 Å². The molecule has 1 saturated carbocycles. The van der Waals surface area contributed by atoms with E-state index in [1.165, 1.54) is 63.8 Å². The van der Waals surface area contributed by atoms with E-state index in [2.05, 4.69) is 104 Å². The molecular weight excluding hydrogens is 360 g/mol. The number of hydrogen-bond donors (Lipinski definition) is 0. The Morgan fingerprint density at radius 1 is 0.633 bits per heavy atom. The zero-order chi connectivity index (χ0) is 20.1. The van der Waals surface area contributed by atoms with E-state index in [1.807, 2.05) is 0 Å². The molecule has 2 aliphatic rings. The molecule has 0 nitrogen and oxygen atoms in total. The molecule has 0 heterocycles. The van der Waals surface area contributed by atoms with E-state index in [9.17, 15) is 0 Å². The fourth-order valence-corrected chi connectivity index (χ4v) is 5.63. The molecule has 0 radical (unpaired) electrons. The van der Waals surface area contributed by atoms with Gasteiger partial charge in [0, 0.05) is 0 Å². The lowest BCUT2D eigenvalue weighted by Gasteiger charge is -2.34. The highest BCUT2D eigenvalue weighted by Crippen LogP contribution is 2.57. The SMILES string of the molecule is Cc1ccc2c(c1)-c1cc(C3CCC3)ccc1C2(c1ccccc1)c1ccccc1. The van der Waals surface area contributed by atoms with Crippen molar-refractivity contribution in [2.24, 2.45) is 0 Å². The number of aryl methyl sites for hydroxylation is 1. The summed E-state index contributed by atoms with van der Waals surface area (Å²) in [5.41, 5.74) is 10.9. The predicted molar refractivity (Wildman–Crippen MR) is 125 cm³/mol. The van der Waals surface area contributed by atoms with Gasteiger partial charge in [0.05, 0.1) is 5.41 Å². The van der Waals surface area contributed by atoms with Gasteiger partial charge in [0.1, 0.15) is 0 Å². The summed E-state index contributed by atoms with van der Waals surface area (Å²) >= 11 is 0. The lowest BCUT2D eigenvalue weighted by molar-refractivity contribution is 0.420. The third-order valence-corrected chi connectivity index (χ3v) is 7.31. The lowest BCUT2D eigenvalue weighted by Crippen LogP contribution is -2.28. The van der Waals surface area contributed by atoms with Crippen molar-refractivity contribution in [2.45, 2.75) is 37.5 Å². The van der Waals surface area contributed by atoms with E-state index in [1.54, 1.807) is 0 Å². The highest BCUT2D eigenvalue weighted by molar-refractivity contribution is 5.87. The van der Waals surface area contributed by atoms with Crippen molar-refractivity contribution >= 4 is 0 Å². The summed E-state index contributed by atoms with van der Waals surface area (Å²) in [6.07, 6.45) is 4.04. The normalized spacial score (nSPS) is 16.6. The van der Waals surface area contributed by atoms with E-state index in [4.69, 9.17) is 0 Å². The molecule has 0 aromatic heterocycles. The topological polar surface area (TPSA) is 0 Å². The Kier molecular flexibility index (Phi) is 3.96. The van der Waals surface area contributed by atoms with Crippen LogP contribution in [0.15, 0.2) is 97.1 Å². The molecule has 4 aromatic rings. The Bertz CT molecular complexity index is 1170. The van der Waals surface area contributed by atoms with Crippen molar-refractivity contribution in [1.29, 1.82) is 0 Å². The molecule has 0 unspecified atom stereocenters. The predicted octanol–water partition coefficient (Wildman–Crippen LogP) is 7.63. The number of rotatable bonds is 3. The maximum Gasteiger partial charge on any atom is 0.0713 e. The Labute approximate surface area is 179 Å². The van der Waals surface area contributed by atoms with Gasteiger partial charge in [0.15, 0.2) is 0 Å². The van der Waals surface area contributed by atoms with Crippen LogP contribution >= 0.6 is 0 Å². The van der Waals surface area contributed by atoms with Gasteiger partial charge in [-0.05, 0) is 64.6 Å². The molecule has 6 rings (SSSR count). The average molecular weight is 387 g/mol. The second-order valence-electron chi connectivity index (χ2n) is 8.96. The molecule has 146 valence electrons. The fraction of sp³-hybridized carbons (Fsp3) is 0.200. The zero-order valence-corrected chi connectivity index (χ0v) is 17.4. The average Bonchev–Trinajstić information content (AvgIpc) is 3.04. The van der Waals surface area contributed by atoms with Crippen LogP contribution in [-0.2, 0) is 5.41 Å². The first-order valence-electron chi connectivity index (χ1n) is 11.2. The second kappa shape index (κ2) is 6.71.